The first-order valence-corrected chi connectivity index (χ1v) is 7.44. The Kier molecular flexibility index (Phi) is 3.53. The lowest BCUT2D eigenvalue weighted by Crippen LogP contribution is -2.21. The van der Waals surface area contributed by atoms with Gasteiger partial charge in [-0.05, 0) is 38.4 Å². The summed E-state index contributed by atoms with van der Waals surface area (Å²) in [7, 11) is 3.72. The van der Waals surface area contributed by atoms with E-state index in [9.17, 15) is 0 Å². The number of benzene rings is 1. The zero-order valence-corrected chi connectivity index (χ0v) is 12.1. The minimum Gasteiger partial charge on any atom is -0.497 e. The van der Waals surface area contributed by atoms with Gasteiger partial charge in [0.25, 0.3) is 0 Å². The molecule has 1 aliphatic rings. The molecule has 0 aliphatic heterocycles. The van der Waals surface area contributed by atoms with Crippen LogP contribution < -0.4 is 10.1 Å². The summed E-state index contributed by atoms with van der Waals surface area (Å²) in [6, 6.07) is 8.55. The highest BCUT2D eigenvalue weighted by molar-refractivity contribution is 7.15. The van der Waals surface area contributed by atoms with Gasteiger partial charge in [-0.1, -0.05) is 12.1 Å². The number of nitrogens with one attached hydrogen (secondary N) is 1. The smallest absolute Gasteiger partial charge is 0.124 e. The van der Waals surface area contributed by atoms with E-state index in [-0.39, 0.29) is 0 Å². The van der Waals surface area contributed by atoms with E-state index in [2.05, 4.69) is 17.4 Å². The van der Waals surface area contributed by atoms with Crippen molar-refractivity contribution in [2.24, 2.45) is 0 Å². The second-order valence-electron chi connectivity index (χ2n) is 4.79. The van der Waals surface area contributed by atoms with Crippen molar-refractivity contribution in [1.82, 2.24) is 10.3 Å². The standard InChI is InChI=1S/C15H18N2OS/c1-16-12-7-4-8-13-14(12)17-15(19-13)10-5-3-6-11(9-10)18-2/h3,5-6,9,12,16H,4,7-8H2,1-2H3. The molecule has 0 bridgehead atoms. The number of rotatable bonds is 3. The number of hydrogen-bond donors (Lipinski definition) is 1. The summed E-state index contributed by atoms with van der Waals surface area (Å²) in [6.07, 6.45) is 3.60. The average Bonchev–Trinajstić information content (AvgIpc) is 2.91. The summed E-state index contributed by atoms with van der Waals surface area (Å²) < 4.78 is 5.29. The molecule has 0 amide bonds. The lowest BCUT2D eigenvalue weighted by molar-refractivity contribution is 0.415. The van der Waals surface area contributed by atoms with E-state index in [0.29, 0.717) is 6.04 Å². The lowest BCUT2D eigenvalue weighted by atomic mass is 9.98. The molecule has 1 aromatic heterocycles. The Morgan fingerprint density at radius 3 is 3.11 bits per heavy atom. The fourth-order valence-corrected chi connectivity index (χ4v) is 3.74. The minimum absolute atomic E-state index is 0.416. The largest absolute Gasteiger partial charge is 0.497 e. The summed E-state index contributed by atoms with van der Waals surface area (Å²) in [5.41, 5.74) is 2.39. The van der Waals surface area contributed by atoms with Gasteiger partial charge in [0.1, 0.15) is 10.8 Å². The summed E-state index contributed by atoms with van der Waals surface area (Å²) in [4.78, 5) is 6.28. The first-order chi connectivity index (χ1) is 9.31. The van der Waals surface area contributed by atoms with Gasteiger partial charge < -0.3 is 10.1 Å². The molecule has 3 nitrogen and oxygen atoms in total. The molecule has 19 heavy (non-hydrogen) atoms. The molecule has 1 N–H and O–H groups in total. The van der Waals surface area contributed by atoms with Crippen molar-refractivity contribution in [3.63, 3.8) is 0 Å². The molecule has 1 unspecified atom stereocenters. The van der Waals surface area contributed by atoms with Gasteiger partial charge in [-0.2, -0.15) is 0 Å². The van der Waals surface area contributed by atoms with Crippen LogP contribution in [0.4, 0.5) is 0 Å². The monoisotopic (exact) mass is 274 g/mol. The molecule has 0 radical (unpaired) electrons. The van der Waals surface area contributed by atoms with Gasteiger partial charge in [-0.3, -0.25) is 0 Å². The van der Waals surface area contributed by atoms with Gasteiger partial charge in [0, 0.05) is 10.4 Å². The molecule has 100 valence electrons. The van der Waals surface area contributed by atoms with Crippen molar-refractivity contribution in [3.05, 3.63) is 34.8 Å². The van der Waals surface area contributed by atoms with Crippen molar-refractivity contribution in [2.75, 3.05) is 14.2 Å². The highest BCUT2D eigenvalue weighted by atomic mass is 32.1. The molecule has 1 aromatic carbocycles. The van der Waals surface area contributed by atoms with E-state index >= 15 is 0 Å². The third-order valence-electron chi connectivity index (χ3n) is 3.62. The first kappa shape index (κ1) is 12.6. The number of fused-ring (bicyclic) bond motifs is 1. The van der Waals surface area contributed by atoms with Crippen LogP contribution >= 0.6 is 11.3 Å². The minimum atomic E-state index is 0.416. The van der Waals surface area contributed by atoms with Gasteiger partial charge in [-0.15, -0.1) is 11.3 Å². The molecule has 1 heterocycles. The van der Waals surface area contributed by atoms with E-state index in [1.165, 1.54) is 23.4 Å². The molecular formula is C15H18N2OS. The number of aromatic nitrogens is 1. The fourth-order valence-electron chi connectivity index (χ4n) is 2.58. The third-order valence-corrected chi connectivity index (χ3v) is 4.80. The topological polar surface area (TPSA) is 34.1 Å². The molecule has 1 atom stereocenters. The van der Waals surface area contributed by atoms with Gasteiger partial charge in [0.15, 0.2) is 0 Å². The Hall–Kier alpha value is -1.39. The van der Waals surface area contributed by atoms with Crippen molar-refractivity contribution in [2.45, 2.75) is 25.3 Å². The van der Waals surface area contributed by atoms with Crippen LogP contribution in [0.3, 0.4) is 0 Å². The summed E-state index contributed by atoms with van der Waals surface area (Å²) in [5, 5.41) is 4.47. The number of nitrogens with zero attached hydrogens (tertiary/aromatic N) is 1. The number of aryl methyl sites for hydroxylation is 1. The average molecular weight is 274 g/mol. The summed E-state index contributed by atoms with van der Waals surface area (Å²) in [6.45, 7) is 0. The molecule has 1 aliphatic carbocycles. The van der Waals surface area contributed by atoms with Crippen LogP contribution in [0.1, 0.15) is 29.5 Å². The van der Waals surface area contributed by atoms with Gasteiger partial charge in [-0.25, -0.2) is 4.98 Å². The predicted molar refractivity (Wildman–Crippen MR) is 78.8 cm³/mol. The molecule has 2 aromatic rings. The van der Waals surface area contributed by atoms with Crippen LogP contribution in [0.2, 0.25) is 0 Å². The molecule has 0 spiro atoms. The van der Waals surface area contributed by atoms with Crippen LogP contribution in [0, 0.1) is 0 Å². The number of thiazole rings is 1. The number of methoxy groups -OCH3 is 1. The van der Waals surface area contributed by atoms with Crippen LogP contribution in [0.15, 0.2) is 24.3 Å². The molecule has 4 heteroatoms. The first-order valence-electron chi connectivity index (χ1n) is 6.63. The molecule has 3 rings (SSSR count). The van der Waals surface area contributed by atoms with Crippen molar-refractivity contribution in [1.29, 1.82) is 0 Å². The molecule has 0 saturated carbocycles. The predicted octanol–water partition coefficient (Wildman–Crippen LogP) is 3.42. The second-order valence-corrected chi connectivity index (χ2v) is 5.88. The second kappa shape index (κ2) is 5.31. The molecular weight excluding hydrogens is 256 g/mol. The van der Waals surface area contributed by atoms with Crippen molar-refractivity contribution < 1.29 is 4.74 Å². The van der Waals surface area contributed by atoms with Gasteiger partial charge in [0.05, 0.1) is 18.8 Å². The van der Waals surface area contributed by atoms with E-state index < -0.39 is 0 Å². The lowest BCUT2D eigenvalue weighted by Gasteiger charge is -2.19. The normalized spacial score (nSPS) is 18.1. The van der Waals surface area contributed by atoms with Gasteiger partial charge >= 0.3 is 0 Å². The maximum absolute atomic E-state index is 5.29. The van der Waals surface area contributed by atoms with Crippen LogP contribution in [0.25, 0.3) is 10.6 Å². The zero-order chi connectivity index (χ0) is 13.2. The van der Waals surface area contributed by atoms with Crippen molar-refractivity contribution >= 4 is 11.3 Å². The zero-order valence-electron chi connectivity index (χ0n) is 11.3. The van der Waals surface area contributed by atoms with Crippen LogP contribution in [0.5, 0.6) is 5.75 Å². The van der Waals surface area contributed by atoms with Crippen LogP contribution in [-0.2, 0) is 6.42 Å². The maximum Gasteiger partial charge on any atom is 0.124 e. The Bertz CT molecular complexity index is 579. The highest BCUT2D eigenvalue weighted by Crippen LogP contribution is 2.37. The quantitative estimate of drug-likeness (QED) is 0.931. The Morgan fingerprint density at radius 2 is 2.32 bits per heavy atom. The van der Waals surface area contributed by atoms with E-state index in [1.807, 2.05) is 30.5 Å². The van der Waals surface area contributed by atoms with E-state index in [4.69, 9.17) is 9.72 Å². The Labute approximate surface area is 117 Å². The van der Waals surface area contributed by atoms with Crippen molar-refractivity contribution in [3.8, 4) is 16.3 Å². The van der Waals surface area contributed by atoms with E-state index in [1.54, 1.807) is 7.11 Å². The van der Waals surface area contributed by atoms with Gasteiger partial charge in [0.2, 0.25) is 0 Å². The summed E-state index contributed by atoms with van der Waals surface area (Å²) >= 11 is 1.82. The van der Waals surface area contributed by atoms with E-state index in [0.717, 1.165) is 22.7 Å². The highest BCUT2D eigenvalue weighted by Gasteiger charge is 2.23. The molecule has 0 saturated heterocycles. The third kappa shape index (κ3) is 2.38. The molecule has 0 fully saturated rings. The SMILES string of the molecule is CNC1CCCc2sc(-c3cccc(OC)c3)nc21. The summed E-state index contributed by atoms with van der Waals surface area (Å²) in [5.74, 6) is 0.885. The Morgan fingerprint density at radius 1 is 1.42 bits per heavy atom. The number of ether oxygens (including phenoxy) is 1. The maximum atomic E-state index is 5.29. The van der Waals surface area contributed by atoms with Crippen LogP contribution in [-0.4, -0.2) is 19.1 Å². The number of hydrogen-bond acceptors (Lipinski definition) is 4. The fraction of sp³-hybridized carbons (Fsp3) is 0.400. The Balaban J connectivity index is 1.99.